The van der Waals surface area contributed by atoms with Gasteiger partial charge in [-0.3, -0.25) is 4.79 Å². The second kappa shape index (κ2) is 17.1. The summed E-state index contributed by atoms with van der Waals surface area (Å²) in [5.41, 5.74) is 4.03. The quantitative estimate of drug-likeness (QED) is 0.0248. The maximum atomic E-state index is 13.3. The minimum Gasteiger partial charge on any atom is -0.469 e. The van der Waals surface area contributed by atoms with Crippen molar-refractivity contribution < 1.29 is 37.0 Å². The molecule has 0 bridgehead atoms. The summed E-state index contributed by atoms with van der Waals surface area (Å²) in [6, 6.07) is 17.0. The van der Waals surface area contributed by atoms with E-state index in [2.05, 4.69) is 63.8 Å². The van der Waals surface area contributed by atoms with Crippen molar-refractivity contribution in [3.8, 4) is 22.5 Å². The van der Waals surface area contributed by atoms with Crippen molar-refractivity contribution in [1.29, 1.82) is 0 Å². The summed E-state index contributed by atoms with van der Waals surface area (Å²) in [5, 5.41) is 14.8. The molecule has 1 heterocycles. The molecule has 254 valence electrons. The second-order valence-electron chi connectivity index (χ2n) is 10.9. The Bertz CT molecular complexity index is 1810. The van der Waals surface area contributed by atoms with Gasteiger partial charge in [-0.1, -0.05) is 17.5 Å². The molecule has 1 aliphatic heterocycles. The number of nitrogens with zero attached hydrogens (tertiary/aromatic N) is 2. The maximum absolute atomic E-state index is 13.3. The molecular formula is C34H44N3O8S2+. The van der Waals surface area contributed by atoms with E-state index in [-0.39, 0.29) is 17.4 Å². The molecule has 0 amide bonds. The first-order chi connectivity index (χ1) is 22.7. The summed E-state index contributed by atoms with van der Waals surface area (Å²) < 4.78 is 47.6. The average molecular weight is 687 g/mol. The summed E-state index contributed by atoms with van der Waals surface area (Å²) in [7, 11) is -2.54. The Hall–Kier alpha value is -3.46. The fraction of sp³-hybridized carbons (Fsp3) is 0.412. The minimum atomic E-state index is -3.89. The van der Waals surface area contributed by atoms with E-state index in [1.165, 1.54) is 13.2 Å². The Kier molecular flexibility index (Phi) is 13.2. The summed E-state index contributed by atoms with van der Waals surface area (Å²) in [6.45, 7) is 12.0. The first-order valence-corrected chi connectivity index (χ1v) is 18.1. The monoisotopic (exact) mass is 686 g/mol. The number of esters is 1. The number of nitrogens with one attached hydrogen (secondary N) is 1. The van der Waals surface area contributed by atoms with Gasteiger partial charge in [0.05, 0.1) is 30.1 Å². The molecule has 2 aliphatic rings. The van der Waals surface area contributed by atoms with Crippen LogP contribution in [-0.4, -0.2) is 59.5 Å². The molecule has 0 spiro atoms. The van der Waals surface area contributed by atoms with Crippen molar-refractivity contribution in [2.45, 2.75) is 63.2 Å². The highest BCUT2D eigenvalue weighted by Crippen LogP contribution is 2.44. The molecule has 0 fully saturated rings. The molecular weight excluding hydrogens is 643 g/mol. The van der Waals surface area contributed by atoms with Gasteiger partial charge in [0.15, 0.2) is 0 Å². The van der Waals surface area contributed by atoms with Gasteiger partial charge in [0.2, 0.25) is 15.4 Å². The molecule has 2 N–H and O–H groups in total. The number of anilines is 1. The number of fused-ring (bicyclic) bond motifs is 2. The molecule has 2 aromatic rings. The van der Waals surface area contributed by atoms with Crippen molar-refractivity contribution >= 4 is 44.7 Å². The zero-order valence-corrected chi connectivity index (χ0v) is 29.2. The van der Waals surface area contributed by atoms with Crippen LogP contribution in [-0.2, 0) is 28.9 Å². The number of hydrogen-bond acceptors (Lipinski definition) is 10. The van der Waals surface area contributed by atoms with Gasteiger partial charge in [0, 0.05) is 65.3 Å². The van der Waals surface area contributed by atoms with Crippen LogP contribution in [0.25, 0.3) is 33.4 Å². The molecule has 11 nitrogen and oxygen atoms in total. The van der Waals surface area contributed by atoms with Crippen LogP contribution in [0.15, 0.2) is 68.8 Å². The van der Waals surface area contributed by atoms with Gasteiger partial charge in [0.25, 0.3) is 0 Å². The number of methoxy groups -OCH3 is 1. The molecule has 0 saturated carbocycles. The van der Waals surface area contributed by atoms with Gasteiger partial charge in [-0.15, -0.1) is 4.33 Å². The third-order valence-corrected chi connectivity index (χ3v) is 10.3. The van der Waals surface area contributed by atoms with Crippen LogP contribution in [0, 0.1) is 0 Å². The average Bonchev–Trinajstić information content (AvgIpc) is 3.08. The molecule has 4 rings (SSSR count). The van der Waals surface area contributed by atoms with Crippen LogP contribution < -0.4 is 19.6 Å². The number of rotatable bonds is 17. The third kappa shape index (κ3) is 8.72. The van der Waals surface area contributed by atoms with E-state index in [4.69, 9.17) is 14.0 Å². The van der Waals surface area contributed by atoms with E-state index in [1.54, 1.807) is 12.1 Å². The zero-order valence-electron chi connectivity index (χ0n) is 27.6. The van der Waals surface area contributed by atoms with Gasteiger partial charge < -0.3 is 14.1 Å². The lowest BCUT2D eigenvalue weighted by Crippen LogP contribution is -2.29. The number of ether oxygens (including phenoxy) is 1. The van der Waals surface area contributed by atoms with Crippen molar-refractivity contribution in [3.05, 3.63) is 60.0 Å². The summed E-state index contributed by atoms with van der Waals surface area (Å²) in [4.78, 5) is 14.0. The van der Waals surface area contributed by atoms with Gasteiger partial charge in [-0.2, -0.15) is 0 Å². The van der Waals surface area contributed by atoms with Gasteiger partial charge >= 0.3 is 5.97 Å². The smallest absolute Gasteiger partial charge is 0.305 e. The van der Waals surface area contributed by atoms with Crippen LogP contribution >= 0.6 is 12.0 Å². The third-order valence-electron chi connectivity index (χ3n) is 8.21. The maximum Gasteiger partial charge on any atom is 0.305 e. The molecule has 13 heteroatoms. The molecule has 2 aromatic carbocycles. The Labute approximate surface area is 280 Å². The lowest BCUT2D eigenvalue weighted by Gasteiger charge is -2.22. The fourth-order valence-electron chi connectivity index (χ4n) is 5.69. The first kappa shape index (κ1) is 36.4. The van der Waals surface area contributed by atoms with E-state index in [1.807, 2.05) is 24.3 Å². The molecule has 0 radical (unpaired) electrons. The second-order valence-corrected chi connectivity index (χ2v) is 13.4. The SMILES string of the molecule is CCN(CC)c1ccc2c(-c3ccc(S(=O)(=O)NCCCCCC(=O)OC)cc3SOOO)c3ccc(=[N+](CC)CC)cc-3oc2c1. The lowest BCUT2D eigenvalue weighted by molar-refractivity contribution is -0.432. The number of benzene rings is 3. The molecule has 0 atom stereocenters. The molecule has 47 heavy (non-hydrogen) atoms. The van der Waals surface area contributed by atoms with Crippen molar-refractivity contribution in [1.82, 2.24) is 9.30 Å². The summed E-state index contributed by atoms with van der Waals surface area (Å²) >= 11 is 0.704. The Morgan fingerprint density at radius 1 is 0.957 bits per heavy atom. The Balaban J connectivity index is 1.83. The van der Waals surface area contributed by atoms with E-state index in [0.717, 1.165) is 53.7 Å². The minimum absolute atomic E-state index is 0.0294. The van der Waals surface area contributed by atoms with Crippen LogP contribution in [0.3, 0.4) is 0 Å². The lowest BCUT2D eigenvalue weighted by atomic mass is 9.93. The van der Waals surface area contributed by atoms with E-state index in [9.17, 15) is 13.2 Å². The normalized spacial score (nSPS) is 11.7. The molecule has 0 saturated heterocycles. The first-order valence-electron chi connectivity index (χ1n) is 15.9. The largest absolute Gasteiger partial charge is 0.469 e. The van der Waals surface area contributed by atoms with Gasteiger partial charge in [0.1, 0.15) is 24.4 Å². The van der Waals surface area contributed by atoms with E-state index >= 15 is 0 Å². The fourth-order valence-corrected chi connectivity index (χ4v) is 7.40. The van der Waals surface area contributed by atoms with Crippen LogP contribution in [0.2, 0.25) is 0 Å². The highest BCUT2D eigenvalue weighted by molar-refractivity contribution is 7.94. The highest BCUT2D eigenvalue weighted by Gasteiger charge is 2.24. The number of hydrogen-bond donors (Lipinski definition) is 2. The summed E-state index contributed by atoms with van der Waals surface area (Å²) in [5.74, 6) is 0.389. The number of carbonyl (C=O) groups excluding carboxylic acids is 1. The number of carbonyl (C=O) groups is 1. The number of unbranched alkanes of at least 4 members (excludes halogenated alkanes) is 2. The highest BCUT2D eigenvalue weighted by atomic mass is 32.2. The zero-order chi connectivity index (χ0) is 34.0. The molecule has 0 unspecified atom stereocenters. The molecule has 1 aliphatic carbocycles. The van der Waals surface area contributed by atoms with Gasteiger partial charge in [-0.25, -0.2) is 23.0 Å². The number of sulfonamides is 1. The van der Waals surface area contributed by atoms with E-state index in [0.29, 0.717) is 59.5 Å². The standard InChI is InChI=1S/C34H43N3O8S2/c1-6-36(7-2)24-14-17-27-30(21-24)43-31-22-25(37(8-3)9-4)15-18-28(31)34(27)29-19-16-26(23-32(29)46-45-44-39)47(40,41)35-20-12-10-11-13-33(38)42-5/h14-19,21-23,35H,6-13,20H2,1-5H3/p+1. The van der Waals surface area contributed by atoms with Gasteiger partial charge in [-0.05, 0) is 76.4 Å². The van der Waals surface area contributed by atoms with Crippen LogP contribution in [0.4, 0.5) is 5.69 Å². The summed E-state index contributed by atoms with van der Waals surface area (Å²) in [6.07, 6.45) is 2.14. The van der Waals surface area contributed by atoms with Crippen molar-refractivity contribution in [2.75, 3.05) is 44.7 Å². The predicted octanol–water partition coefficient (Wildman–Crippen LogP) is 6.30. The Morgan fingerprint density at radius 3 is 2.38 bits per heavy atom. The van der Waals surface area contributed by atoms with Crippen LogP contribution in [0.1, 0.15) is 53.4 Å². The van der Waals surface area contributed by atoms with Crippen molar-refractivity contribution in [2.24, 2.45) is 0 Å². The van der Waals surface area contributed by atoms with Crippen molar-refractivity contribution in [3.63, 3.8) is 0 Å². The van der Waals surface area contributed by atoms with Crippen LogP contribution in [0.5, 0.6) is 0 Å². The Morgan fingerprint density at radius 2 is 1.70 bits per heavy atom. The van der Waals surface area contributed by atoms with E-state index < -0.39 is 10.0 Å². The predicted molar refractivity (Wildman–Crippen MR) is 185 cm³/mol. The topological polar surface area (TPSA) is 131 Å². The molecule has 0 aromatic heterocycles.